The van der Waals surface area contributed by atoms with Gasteiger partial charge in [-0.1, -0.05) is 18.2 Å². The Morgan fingerprint density at radius 1 is 1.23 bits per heavy atom. The van der Waals surface area contributed by atoms with Crippen molar-refractivity contribution in [1.82, 2.24) is 4.98 Å². The van der Waals surface area contributed by atoms with Gasteiger partial charge >= 0.3 is 5.76 Å². The Kier molecular flexibility index (Phi) is 4.92. The third-order valence-corrected chi connectivity index (χ3v) is 4.36. The zero-order valence-electron chi connectivity index (χ0n) is 11.7. The number of ether oxygens (including phenoxy) is 1. The molecule has 0 radical (unpaired) electrons. The van der Waals surface area contributed by atoms with Crippen molar-refractivity contribution < 1.29 is 21.9 Å². The zero-order valence-corrected chi connectivity index (χ0v) is 12.5. The van der Waals surface area contributed by atoms with Crippen molar-refractivity contribution in [2.24, 2.45) is 0 Å². The number of nitrogens with zero attached hydrogens (tertiary/aromatic N) is 1. The van der Waals surface area contributed by atoms with Gasteiger partial charge < -0.3 is 10.1 Å². The first kappa shape index (κ1) is 16.2. The number of anilines is 1. The number of para-hydroxylation sites is 1. The Labute approximate surface area is 126 Å². The highest BCUT2D eigenvalue weighted by atomic mass is 32.2. The molecule has 0 fully saturated rings. The molecule has 22 heavy (non-hydrogen) atoms. The molecule has 8 heteroatoms. The number of hydrogen-bond acceptors (Lipinski definition) is 5. The minimum Gasteiger partial charge on any atom is -0.481 e. The van der Waals surface area contributed by atoms with Crippen LogP contribution in [0.4, 0.5) is 14.5 Å². The third-order valence-electron chi connectivity index (χ3n) is 2.92. The predicted molar refractivity (Wildman–Crippen MR) is 77.7 cm³/mol. The summed E-state index contributed by atoms with van der Waals surface area (Å²) in [7, 11) is -3.16. The molecule has 0 unspecified atom stereocenters. The second kappa shape index (κ2) is 6.69. The van der Waals surface area contributed by atoms with Gasteiger partial charge in [0, 0.05) is 18.8 Å². The van der Waals surface area contributed by atoms with E-state index in [-0.39, 0.29) is 12.2 Å². The molecule has 0 aliphatic rings. The van der Waals surface area contributed by atoms with E-state index in [2.05, 4.69) is 10.3 Å². The maximum absolute atomic E-state index is 12.7. The topological polar surface area (TPSA) is 68.3 Å². The molecule has 2 aromatic rings. The van der Waals surface area contributed by atoms with E-state index >= 15 is 0 Å². The lowest BCUT2D eigenvalue weighted by Crippen LogP contribution is -2.14. The first-order chi connectivity index (χ1) is 10.4. The van der Waals surface area contributed by atoms with Gasteiger partial charge in [0.1, 0.15) is 0 Å². The number of aromatic nitrogens is 1. The van der Waals surface area contributed by atoms with Gasteiger partial charge in [-0.25, -0.2) is 13.4 Å². The lowest BCUT2D eigenvalue weighted by molar-refractivity contribution is 0.235. The monoisotopic (exact) mass is 328 g/mol. The zero-order chi connectivity index (χ0) is 16.2. The molecule has 0 amide bonds. The summed E-state index contributed by atoms with van der Waals surface area (Å²) in [6, 6.07) is 8.94. The number of hydrogen-bond donors (Lipinski definition) is 1. The maximum atomic E-state index is 12.7. The molecule has 0 aliphatic heterocycles. The molecular weight excluding hydrogens is 314 g/mol. The number of methoxy groups -OCH3 is 1. The molecule has 2 rings (SSSR count). The van der Waals surface area contributed by atoms with Crippen LogP contribution in [0.25, 0.3) is 0 Å². The van der Waals surface area contributed by atoms with Gasteiger partial charge in [-0.05, 0) is 17.7 Å². The molecule has 0 saturated carbocycles. The fraction of sp³-hybridized carbons (Fsp3) is 0.214. The smallest absolute Gasteiger partial charge is 0.341 e. The van der Waals surface area contributed by atoms with Crippen molar-refractivity contribution in [2.75, 3.05) is 12.4 Å². The van der Waals surface area contributed by atoms with E-state index in [1.165, 1.54) is 19.2 Å². The molecule has 0 bridgehead atoms. The fourth-order valence-corrected chi connectivity index (χ4v) is 2.70. The van der Waals surface area contributed by atoms with Crippen molar-refractivity contribution in [3.8, 4) is 5.88 Å². The first-order valence-electron chi connectivity index (χ1n) is 6.29. The van der Waals surface area contributed by atoms with Crippen LogP contribution in [0.15, 0.2) is 47.5 Å². The lowest BCUT2D eigenvalue weighted by atomic mass is 10.2. The van der Waals surface area contributed by atoms with E-state index in [0.717, 1.165) is 11.6 Å². The minimum absolute atomic E-state index is 0.124. The number of benzene rings is 1. The molecule has 5 nitrogen and oxygen atoms in total. The average Bonchev–Trinajstić information content (AvgIpc) is 2.53. The molecule has 0 aliphatic carbocycles. The number of nitrogens with one attached hydrogen (secondary N) is 1. The van der Waals surface area contributed by atoms with Crippen LogP contribution in [0.1, 0.15) is 5.56 Å². The second-order valence-corrected chi connectivity index (χ2v) is 6.25. The molecular formula is C14H14F2N2O3S. The molecule has 0 spiro atoms. The van der Waals surface area contributed by atoms with Crippen LogP contribution in [-0.2, 0) is 16.4 Å². The Balaban J connectivity index is 2.20. The van der Waals surface area contributed by atoms with Gasteiger partial charge in [0.15, 0.2) is 0 Å². The molecule has 1 N–H and O–H groups in total. The van der Waals surface area contributed by atoms with Gasteiger partial charge in [0.25, 0.3) is 0 Å². The van der Waals surface area contributed by atoms with Crippen molar-refractivity contribution in [1.29, 1.82) is 0 Å². The van der Waals surface area contributed by atoms with Crippen molar-refractivity contribution in [2.45, 2.75) is 17.2 Å². The number of pyridine rings is 1. The van der Waals surface area contributed by atoms with Crippen LogP contribution in [0.5, 0.6) is 5.88 Å². The molecule has 0 saturated heterocycles. The van der Waals surface area contributed by atoms with Gasteiger partial charge in [0.2, 0.25) is 15.7 Å². The number of rotatable bonds is 6. The quantitative estimate of drug-likeness (QED) is 0.883. The van der Waals surface area contributed by atoms with Crippen LogP contribution in [0.2, 0.25) is 0 Å². The summed E-state index contributed by atoms with van der Waals surface area (Å²) < 4.78 is 53.6. The van der Waals surface area contributed by atoms with Crippen LogP contribution in [-0.4, -0.2) is 26.3 Å². The SMILES string of the molecule is COc1ccc(CNc2ccccc2S(=O)(=O)C(F)F)cn1. The molecule has 118 valence electrons. The molecule has 0 atom stereocenters. The maximum Gasteiger partial charge on any atom is 0.341 e. The van der Waals surface area contributed by atoms with Gasteiger partial charge in [0.05, 0.1) is 17.7 Å². The summed E-state index contributed by atoms with van der Waals surface area (Å²) in [5, 5.41) is 2.83. The highest BCUT2D eigenvalue weighted by molar-refractivity contribution is 7.91. The van der Waals surface area contributed by atoms with E-state index in [1.54, 1.807) is 24.4 Å². The van der Waals surface area contributed by atoms with Crippen molar-refractivity contribution in [3.05, 3.63) is 48.2 Å². The normalized spacial score (nSPS) is 11.5. The van der Waals surface area contributed by atoms with E-state index in [1.807, 2.05) is 0 Å². The summed E-state index contributed by atoms with van der Waals surface area (Å²) in [4.78, 5) is 3.58. The Bertz CT molecular complexity index is 734. The van der Waals surface area contributed by atoms with Crippen molar-refractivity contribution in [3.63, 3.8) is 0 Å². The summed E-state index contributed by atoms with van der Waals surface area (Å²) in [5.74, 6) is -3.01. The summed E-state index contributed by atoms with van der Waals surface area (Å²) in [6.07, 6.45) is 1.55. The van der Waals surface area contributed by atoms with E-state index in [0.29, 0.717) is 5.88 Å². The first-order valence-corrected chi connectivity index (χ1v) is 7.83. The fourth-order valence-electron chi connectivity index (χ4n) is 1.79. The van der Waals surface area contributed by atoms with Gasteiger partial charge in [-0.3, -0.25) is 0 Å². The molecule has 1 aromatic carbocycles. The average molecular weight is 328 g/mol. The van der Waals surface area contributed by atoms with Gasteiger partial charge in [-0.15, -0.1) is 0 Å². The van der Waals surface area contributed by atoms with Crippen LogP contribution in [0, 0.1) is 0 Å². The second-order valence-electron chi connectivity index (χ2n) is 4.36. The highest BCUT2D eigenvalue weighted by Crippen LogP contribution is 2.26. The van der Waals surface area contributed by atoms with Crippen LogP contribution in [0.3, 0.4) is 0 Å². The van der Waals surface area contributed by atoms with Gasteiger partial charge in [-0.2, -0.15) is 8.78 Å². The van der Waals surface area contributed by atoms with Crippen LogP contribution >= 0.6 is 0 Å². The standard InChI is InChI=1S/C14H14F2N2O3S/c1-21-13-7-6-10(9-18-13)8-17-11-4-2-3-5-12(11)22(19,20)14(15)16/h2-7,9,14,17H,8H2,1H3. The summed E-state index contributed by atoms with van der Waals surface area (Å²) in [6.45, 7) is 0.243. The summed E-state index contributed by atoms with van der Waals surface area (Å²) in [5.41, 5.74) is 0.878. The van der Waals surface area contributed by atoms with E-state index < -0.39 is 20.5 Å². The Morgan fingerprint density at radius 3 is 2.55 bits per heavy atom. The third kappa shape index (κ3) is 3.51. The highest BCUT2D eigenvalue weighted by Gasteiger charge is 2.28. The Hall–Kier alpha value is -2.22. The predicted octanol–water partition coefficient (Wildman–Crippen LogP) is 2.70. The lowest BCUT2D eigenvalue weighted by Gasteiger charge is -2.12. The number of sulfone groups is 1. The number of alkyl halides is 2. The van der Waals surface area contributed by atoms with Crippen LogP contribution < -0.4 is 10.1 Å². The van der Waals surface area contributed by atoms with Crippen molar-refractivity contribution >= 4 is 15.5 Å². The van der Waals surface area contributed by atoms with E-state index in [9.17, 15) is 17.2 Å². The van der Waals surface area contributed by atoms with E-state index in [4.69, 9.17) is 4.74 Å². The summed E-state index contributed by atoms with van der Waals surface area (Å²) >= 11 is 0. The molecule has 1 aromatic heterocycles. The molecule has 1 heterocycles. The largest absolute Gasteiger partial charge is 0.481 e. The Morgan fingerprint density at radius 2 is 1.95 bits per heavy atom. The minimum atomic E-state index is -4.65. The number of halogens is 2.